The number of anilines is 2. The molecule has 1 heterocycles. The Kier molecular flexibility index (Phi) is 3.63. The Labute approximate surface area is 133 Å². The number of benzene rings is 2. The van der Waals surface area contributed by atoms with Crippen molar-refractivity contribution in [3.05, 3.63) is 62.7 Å². The third-order valence-corrected chi connectivity index (χ3v) is 3.80. The van der Waals surface area contributed by atoms with E-state index in [9.17, 15) is 4.79 Å². The Hall–Kier alpha value is -1.59. The summed E-state index contributed by atoms with van der Waals surface area (Å²) in [5.74, 6) is -0.139. The van der Waals surface area contributed by atoms with Crippen LogP contribution in [-0.4, -0.2) is 5.91 Å². The molecular weight excluding hydrogens is 384 g/mol. The summed E-state index contributed by atoms with van der Waals surface area (Å²) in [7, 11) is 0. The van der Waals surface area contributed by atoms with E-state index in [2.05, 4.69) is 42.5 Å². The standard InChI is InChI=1S/C15H10Br2N2O/c16-10-5-9(6-11(17)8-10)7-14-15(20)19-13-4-2-1-3-12(13)18-14/h1-8,18H,(H,19,20)/b14-7-. The van der Waals surface area contributed by atoms with Crippen molar-refractivity contribution >= 4 is 55.2 Å². The van der Waals surface area contributed by atoms with Gasteiger partial charge in [0.05, 0.1) is 11.4 Å². The number of rotatable bonds is 1. The lowest BCUT2D eigenvalue weighted by atomic mass is 10.1. The van der Waals surface area contributed by atoms with E-state index in [-0.39, 0.29) is 5.91 Å². The van der Waals surface area contributed by atoms with Gasteiger partial charge < -0.3 is 10.6 Å². The van der Waals surface area contributed by atoms with Crippen molar-refractivity contribution in [2.45, 2.75) is 0 Å². The van der Waals surface area contributed by atoms with Crippen LogP contribution >= 0.6 is 31.9 Å². The Morgan fingerprint density at radius 1 is 0.900 bits per heavy atom. The number of para-hydroxylation sites is 2. The summed E-state index contributed by atoms with van der Waals surface area (Å²) in [6.07, 6.45) is 1.82. The Balaban J connectivity index is 1.98. The number of carbonyl (C=O) groups excluding carboxylic acids is 1. The number of halogens is 2. The Bertz CT molecular complexity index is 705. The summed E-state index contributed by atoms with van der Waals surface area (Å²) < 4.78 is 1.91. The molecule has 0 radical (unpaired) electrons. The van der Waals surface area contributed by atoms with E-state index in [1.807, 2.05) is 48.5 Å². The van der Waals surface area contributed by atoms with Crippen LogP contribution in [0.25, 0.3) is 6.08 Å². The molecule has 0 atom stereocenters. The zero-order valence-electron chi connectivity index (χ0n) is 10.3. The lowest BCUT2D eigenvalue weighted by Gasteiger charge is -2.20. The normalized spacial score (nSPS) is 15.5. The molecule has 0 saturated heterocycles. The van der Waals surface area contributed by atoms with Crippen molar-refractivity contribution in [3.8, 4) is 0 Å². The molecule has 2 aromatic rings. The van der Waals surface area contributed by atoms with Crippen molar-refractivity contribution in [1.82, 2.24) is 0 Å². The lowest BCUT2D eigenvalue weighted by molar-refractivity contribution is -0.112. The van der Waals surface area contributed by atoms with Crippen LogP contribution in [0.1, 0.15) is 5.56 Å². The minimum absolute atomic E-state index is 0.139. The van der Waals surface area contributed by atoms with E-state index in [4.69, 9.17) is 0 Å². The fourth-order valence-corrected chi connectivity index (χ4v) is 3.35. The van der Waals surface area contributed by atoms with Crippen molar-refractivity contribution < 1.29 is 4.79 Å². The van der Waals surface area contributed by atoms with E-state index >= 15 is 0 Å². The molecule has 0 saturated carbocycles. The van der Waals surface area contributed by atoms with Gasteiger partial charge in [-0.25, -0.2) is 0 Å². The minimum atomic E-state index is -0.139. The number of carbonyl (C=O) groups is 1. The van der Waals surface area contributed by atoms with Crippen LogP contribution in [0, 0.1) is 0 Å². The fraction of sp³-hybridized carbons (Fsp3) is 0. The summed E-state index contributed by atoms with van der Waals surface area (Å²) in [5.41, 5.74) is 3.15. The SMILES string of the molecule is O=C1Nc2ccccc2N/C1=C\c1cc(Br)cc(Br)c1. The summed E-state index contributed by atoms with van der Waals surface area (Å²) in [6.45, 7) is 0. The van der Waals surface area contributed by atoms with Gasteiger partial charge in [-0.2, -0.15) is 0 Å². The molecule has 100 valence electrons. The Morgan fingerprint density at radius 3 is 2.15 bits per heavy atom. The van der Waals surface area contributed by atoms with Gasteiger partial charge in [0.15, 0.2) is 0 Å². The van der Waals surface area contributed by atoms with Crippen LogP contribution in [-0.2, 0) is 4.79 Å². The van der Waals surface area contributed by atoms with E-state index in [1.54, 1.807) is 0 Å². The highest BCUT2D eigenvalue weighted by molar-refractivity contribution is 9.11. The molecule has 0 fully saturated rings. The summed E-state index contributed by atoms with van der Waals surface area (Å²) in [4.78, 5) is 12.1. The fourth-order valence-electron chi connectivity index (χ4n) is 2.02. The average Bonchev–Trinajstić information content (AvgIpc) is 2.38. The second-order valence-electron chi connectivity index (χ2n) is 4.39. The van der Waals surface area contributed by atoms with Gasteiger partial charge in [0.25, 0.3) is 5.91 Å². The van der Waals surface area contributed by atoms with E-state index in [0.29, 0.717) is 5.70 Å². The second kappa shape index (κ2) is 5.42. The average molecular weight is 394 g/mol. The van der Waals surface area contributed by atoms with Crippen molar-refractivity contribution in [3.63, 3.8) is 0 Å². The highest BCUT2D eigenvalue weighted by Gasteiger charge is 2.18. The van der Waals surface area contributed by atoms with Gasteiger partial charge in [-0.05, 0) is 42.0 Å². The maximum atomic E-state index is 12.1. The summed E-state index contributed by atoms with van der Waals surface area (Å²) in [5, 5.41) is 6.02. The van der Waals surface area contributed by atoms with E-state index < -0.39 is 0 Å². The summed E-state index contributed by atoms with van der Waals surface area (Å²) in [6, 6.07) is 13.5. The van der Waals surface area contributed by atoms with E-state index in [0.717, 1.165) is 25.9 Å². The van der Waals surface area contributed by atoms with Gasteiger partial charge in [0.2, 0.25) is 0 Å². The lowest BCUT2D eigenvalue weighted by Crippen LogP contribution is -2.25. The molecule has 0 aromatic heterocycles. The van der Waals surface area contributed by atoms with Gasteiger partial charge in [-0.3, -0.25) is 4.79 Å². The van der Waals surface area contributed by atoms with Crippen LogP contribution in [0.5, 0.6) is 0 Å². The molecule has 0 bridgehead atoms. The molecule has 20 heavy (non-hydrogen) atoms. The third-order valence-electron chi connectivity index (χ3n) is 2.89. The minimum Gasteiger partial charge on any atom is -0.349 e. The number of amides is 1. The van der Waals surface area contributed by atoms with Crippen molar-refractivity contribution in [2.24, 2.45) is 0 Å². The van der Waals surface area contributed by atoms with Crippen molar-refractivity contribution in [2.75, 3.05) is 10.6 Å². The molecule has 0 aliphatic carbocycles. The molecule has 1 aliphatic rings. The smallest absolute Gasteiger partial charge is 0.272 e. The second-order valence-corrected chi connectivity index (χ2v) is 6.22. The molecule has 0 spiro atoms. The van der Waals surface area contributed by atoms with E-state index in [1.165, 1.54) is 0 Å². The number of fused-ring (bicyclic) bond motifs is 1. The molecule has 2 N–H and O–H groups in total. The quantitative estimate of drug-likeness (QED) is 0.694. The highest BCUT2D eigenvalue weighted by Crippen LogP contribution is 2.29. The molecule has 3 rings (SSSR count). The first-order valence-corrected chi connectivity index (χ1v) is 7.55. The zero-order chi connectivity index (χ0) is 14.1. The topological polar surface area (TPSA) is 41.1 Å². The van der Waals surface area contributed by atoms with Crippen LogP contribution in [0.4, 0.5) is 11.4 Å². The van der Waals surface area contributed by atoms with Gasteiger partial charge in [0.1, 0.15) is 5.70 Å². The van der Waals surface area contributed by atoms with Crippen LogP contribution < -0.4 is 10.6 Å². The molecule has 5 heteroatoms. The maximum Gasteiger partial charge on any atom is 0.272 e. The first-order valence-electron chi connectivity index (χ1n) is 5.97. The molecule has 1 aliphatic heterocycles. The predicted molar refractivity (Wildman–Crippen MR) is 88.5 cm³/mol. The van der Waals surface area contributed by atoms with Gasteiger partial charge in [-0.15, -0.1) is 0 Å². The zero-order valence-corrected chi connectivity index (χ0v) is 13.5. The Morgan fingerprint density at radius 2 is 1.50 bits per heavy atom. The van der Waals surface area contributed by atoms with Gasteiger partial charge in [0, 0.05) is 8.95 Å². The van der Waals surface area contributed by atoms with Crippen LogP contribution in [0.15, 0.2) is 57.1 Å². The monoisotopic (exact) mass is 392 g/mol. The molecule has 2 aromatic carbocycles. The molecular formula is C15H10Br2N2O. The van der Waals surface area contributed by atoms with Gasteiger partial charge in [-0.1, -0.05) is 44.0 Å². The molecule has 0 unspecified atom stereocenters. The van der Waals surface area contributed by atoms with Gasteiger partial charge >= 0.3 is 0 Å². The largest absolute Gasteiger partial charge is 0.349 e. The molecule has 1 amide bonds. The number of nitrogens with one attached hydrogen (secondary N) is 2. The molecule has 3 nitrogen and oxygen atoms in total. The van der Waals surface area contributed by atoms with Crippen LogP contribution in [0.2, 0.25) is 0 Å². The van der Waals surface area contributed by atoms with Crippen LogP contribution in [0.3, 0.4) is 0 Å². The number of hydrogen-bond acceptors (Lipinski definition) is 2. The maximum absolute atomic E-state index is 12.1. The van der Waals surface area contributed by atoms with Crippen molar-refractivity contribution in [1.29, 1.82) is 0 Å². The highest BCUT2D eigenvalue weighted by atomic mass is 79.9. The first-order chi connectivity index (χ1) is 9.61. The third kappa shape index (κ3) is 2.78. The first kappa shape index (κ1) is 13.4. The number of hydrogen-bond donors (Lipinski definition) is 2. The summed E-state index contributed by atoms with van der Waals surface area (Å²) >= 11 is 6.88. The predicted octanol–water partition coefficient (Wildman–Crippen LogP) is 4.62.